The van der Waals surface area contributed by atoms with Crippen LogP contribution in [0.5, 0.6) is 0 Å². The quantitative estimate of drug-likeness (QED) is 0.640. The van der Waals surface area contributed by atoms with Crippen LogP contribution in [0.1, 0.15) is 34.6 Å². The lowest BCUT2D eigenvalue weighted by Gasteiger charge is -2.39. The third-order valence-electron chi connectivity index (χ3n) is 4.11. The molecule has 1 rings (SSSR count). The van der Waals surface area contributed by atoms with E-state index in [4.69, 9.17) is 13.9 Å². The average Bonchev–Trinajstić information content (AvgIpc) is 2.28. The first-order valence-electron chi connectivity index (χ1n) is 7.19. The molecule has 0 radical (unpaired) electrons. The Kier molecular flexibility index (Phi) is 5.25. The molecule has 5 heteroatoms. The van der Waals surface area contributed by atoms with Crippen molar-refractivity contribution in [2.45, 2.75) is 64.1 Å². The zero-order chi connectivity index (χ0) is 15.7. The fourth-order valence-corrected chi connectivity index (χ4v) is 2.46. The summed E-state index contributed by atoms with van der Waals surface area (Å²) in [5.74, 6) is -0.613. The normalized spacial score (nSPS) is 23.2. The van der Waals surface area contributed by atoms with Gasteiger partial charge in [-0.2, -0.15) is 0 Å². The van der Waals surface area contributed by atoms with Crippen LogP contribution in [-0.4, -0.2) is 44.6 Å². The molecule has 0 aliphatic carbocycles. The summed E-state index contributed by atoms with van der Waals surface area (Å²) in [7, 11) is -1.73. The minimum atomic E-state index is -1.73. The standard InChI is InChI=1S/C15H30O4Si/c1-13(2,3)20(6,7)19-10-8-9-15(16)11-17-14(4,5)18-12-15/h8-9,16H,10-12H2,1-7H3/b9-8-. The molecule has 0 unspecified atom stereocenters. The summed E-state index contributed by atoms with van der Waals surface area (Å²) >= 11 is 0. The molecule has 4 nitrogen and oxygen atoms in total. The van der Waals surface area contributed by atoms with E-state index in [1.807, 2.05) is 19.9 Å². The topological polar surface area (TPSA) is 47.9 Å². The second kappa shape index (κ2) is 5.89. The van der Waals surface area contributed by atoms with E-state index in [1.165, 1.54) is 0 Å². The molecule has 1 heterocycles. The number of hydrogen-bond acceptors (Lipinski definition) is 4. The number of hydrogen-bond donors (Lipinski definition) is 1. The lowest BCUT2D eigenvalue weighted by molar-refractivity contribution is -0.290. The van der Waals surface area contributed by atoms with Crippen molar-refractivity contribution in [1.82, 2.24) is 0 Å². The minimum Gasteiger partial charge on any atom is -0.413 e. The van der Waals surface area contributed by atoms with E-state index in [0.717, 1.165) is 0 Å². The molecule has 1 aliphatic rings. The van der Waals surface area contributed by atoms with Gasteiger partial charge in [0.1, 0.15) is 5.60 Å². The number of aliphatic hydroxyl groups is 1. The molecule has 0 aromatic carbocycles. The van der Waals surface area contributed by atoms with E-state index in [2.05, 4.69) is 33.9 Å². The Labute approximate surface area is 124 Å². The Balaban J connectivity index is 2.46. The van der Waals surface area contributed by atoms with Gasteiger partial charge in [-0.25, -0.2) is 0 Å². The second-order valence-corrected chi connectivity index (χ2v) is 12.4. The summed E-state index contributed by atoms with van der Waals surface area (Å²) in [6.07, 6.45) is 3.60. The number of rotatable bonds is 4. The van der Waals surface area contributed by atoms with Crippen LogP contribution in [0.3, 0.4) is 0 Å². The fourth-order valence-electron chi connectivity index (χ4n) is 1.52. The van der Waals surface area contributed by atoms with Crippen LogP contribution in [0.4, 0.5) is 0 Å². The van der Waals surface area contributed by atoms with Crippen LogP contribution >= 0.6 is 0 Å². The average molecular weight is 302 g/mol. The van der Waals surface area contributed by atoms with Crippen LogP contribution in [-0.2, 0) is 13.9 Å². The molecule has 118 valence electrons. The van der Waals surface area contributed by atoms with E-state index in [1.54, 1.807) is 6.08 Å². The Morgan fingerprint density at radius 1 is 1.20 bits per heavy atom. The van der Waals surface area contributed by atoms with Crippen molar-refractivity contribution in [1.29, 1.82) is 0 Å². The van der Waals surface area contributed by atoms with Crippen molar-refractivity contribution in [3.63, 3.8) is 0 Å². The largest absolute Gasteiger partial charge is 0.413 e. The predicted octanol–water partition coefficient (Wildman–Crippen LogP) is 3.08. The molecule has 1 fully saturated rings. The molecule has 0 bridgehead atoms. The summed E-state index contributed by atoms with van der Waals surface area (Å²) in [6, 6.07) is 0. The zero-order valence-electron chi connectivity index (χ0n) is 13.9. The fraction of sp³-hybridized carbons (Fsp3) is 0.867. The lowest BCUT2D eigenvalue weighted by atomic mass is 10.0. The van der Waals surface area contributed by atoms with Gasteiger partial charge in [-0.1, -0.05) is 32.9 Å². The van der Waals surface area contributed by atoms with E-state index in [9.17, 15) is 5.11 Å². The summed E-state index contributed by atoms with van der Waals surface area (Å²) in [4.78, 5) is 0. The molecule has 0 atom stereocenters. The Hall–Kier alpha value is -0.203. The first kappa shape index (κ1) is 17.8. The van der Waals surface area contributed by atoms with E-state index >= 15 is 0 Å². The highest BCUT2D eigenvalue weighted by molar-refractivity contribution is 6.74. The number of ether oxygens (including phenoxy) is 2. The van der Waals surface area contributed by atoms with Crippen LogP contribution in [0.15, 0.2) is 12.2 Å². The maximum atomic E-state index is 10.3. The van der Waals surface area contributed by atoms with Crippen molar-refractivity contribution in [3.05, 3.63) is 12.2 Å². The monoisotopic (exact) mass is 302 g/mol. The maximum Gasteiger partial charge on any atom is 0.192 e. The second-order valence-electron chi connectivity index (χ2n) is 7.55. The summed E-state index contributed by atoms with van der Waals surface area (Å²) in [5, 5.41) is 10.5. The highest BCUT2D eigenvalue weighted by atomic mass is 28.4. The maximum absolute atomic E-state index is 10.3. The van der Waals surface area contributed by atoms with E-state index < -0.39 is 19.7 Å². The molecule has 1 N–H and O–H groups in total. The van der Waals surface area contributed by atoms with Crippen LogP contribution in [0.25, 0.3) is 0 Å². The van der Waals surface area contributed by atoms with Gasteiger partial charge in [-0.3, -0.25) is 0 Å². The van der Waals surface area contributed by atoms with Gasteiger partial charge in [0.25, 0.3) is 0 Å². The Bertz CT molecular complexity index is 345. The molecule has 0 saturated carbocycles. The Morgan fingerprint density at radius 2 is 1.70 bits per heavy atom. The smallest absolute Gasteiger partial charge is 0.192 e. The molecule has 0 aromatic rings. The van der Waals surface area contributed by atoms with Gasteiger partial charge in [0, 0.05) is 0 Å². The minimum absolute atomic E-state index is 0.193. The van der Waals surface area contributed by atoms with Gasteiger partial charge in [0.15, 0.2) is 14.1 Å². The van der Waals surface area contributed by atoms with Crippen LogP contribution in [0.2, 0.25) is 18.1 Å². The van der Waals surface area contributed by atoms with Gasteiger partial charge in [0.05, 0.1) is 19.8 Å². The third kappa shape index (κ3) is 4.97. The molecule has 0 spiro atoms. The van der Waals surface area contributed by atoms with E-state index in [0.29, 0.717) is 6.61 Å². The highest BCUT2D eigenvalue weighted by Gasteiger charge is 2.38. The molecular formula is C15H30O4Si. The van der Waals surface area contributed by atoms with Crippen molar-refractivity contribution >= 4 is 8.32 Å². The highest BCUT2D eigenvalue weighted by Crippen LogP contribution is 2.36. The van der Waals surface area contributed by atoms with Crippen molar-refractivity contribution in [2.24, 2.45) is 0 Å². The Morgan fingerprint density at radius 3 is 2.15 bits per heavy atom. The lowest BCUT2D eigenvalue weighted by Crippen LogP contribution is -2.50. The molecule has 1 saturated heterocycles. The van der Waals surface area contributed by atoms with Gasteiger partial charge in [-0.15, -0.1) is 0 Å². The van der Waals surface area contributed by atoms with Crippen molar-refractivity contribution < 1.29 is 19.0 Å². The summed E-state index contributed by atoms with van der Waals surface area (Å²) in [6.45, 7) is 15.8. The van der Waals surface area contributed by atoms with Crippen molar-refractivity contribution in [2.75, 3.05) is 19.8 Å². The first-order chi connectivity index (χ1) is 8.87. The summed E-state index contributed by atoms with van der Waals surface area (Å²) < 4.78 is 17.0. The third-order valence-corrected chi connectivity index (χ3v) is 8.61. The zero-order valence-corrected chi connectivity index (χ0v) is 14.9. The molecular weight excluding hydrogens is 272 g/mol. The summed E-state index contributed by atoms with van der Waals surface area (Å²) in [5.41, 5.74) is -1.05. The van der Waals surface area contributed by atoms with Gasteiger partial charge >= 0.3 is 0 Å². The van der Waals surface area contributed by atoms with Crippen LogP contribution in [0, 0.1) is 0 Å². The van der Waals surface area contributed by atoms with Gasteiger partial charge < -0.3 is 19.0 Å². The molecule has 20 heavy (non-hydrogen) atoms. The van der Waals surface area contributed by atoms with Gasteiger partial charge in [-0.05, 0) is 32.0 Å². The SMILES string of the molecule is CC1(C)OCC(O)(/C=C\CO[Si](C)(C)C(C)(C)C)CO1. The van der Waals surface area contributed by atoms with Crippen molar-refractivity contribution in [3.8, 4) is 0 Å². The van der Waals surface area contributed by atoms with Crippen LogP contribution < -0.4 is 0 Å². The predicted molar refractivity (Wildman–Crippen MR) is 83.2 cm³/mol. The van der Waals surface area contributed by atoms with E-state index in [-0.39, 0.29) is 18.3 Å². The van der Waals surface area contributed by atoms with Gasteiger partial charge in [0.2, 0.25) is 0 Å². The molecule has 0 aromatic heterocycles. The first-order valence-corrected chi connectivity index (χ1v) is 10.1. The molecule has 1 aliphatic heterocycles. The molecule has 0 amide bonds.